The van der Waals surface area contributed by atoms with E-state index < -0.39 is 18.0 Å². The minimum atomic E-state index is -0.539. The quantitative estimate of drug-likeness (QED) is 0.840. The first-order valence-corrected chi connectivity index (χ1v) is 7.43. The monoisotopic (exact) mass is 304 g/mol. The van der Waals surface area contributed by atoms with Gasteiger partial charge >= 0.3 is 6.09 Å². The summed E-state index contributed by atoms with van der Waals surface area (Å²) in [4.78, 5) is 34.7. The summed E-state index contributed by atoms with van der Waals surface area (Å²) in [5.74, 6) is -0.682. The van der Waals surface area contributed by atoms with Gasteiger partial charge in [-0.2, -0.15) is 0 Å². The van der Waals surface area contributed by atoms with Gasteiger partial charge in [-0.05, 0) is 18.4 Å². The topological polar surface area (TPSA) is 75.7 Å². The number of carbonyl (C=O) groups excluding carboxylic acids is 3. The van der Waals surface area contributed by atoms with E-state index in [2.05, 4.69) is 36.5 Å². The van der Waals surface area contributed by atoms with E-state index in [-0.39, 0.29) is 12.3 Å². The van der Waals surface area contributed by atoms with Crippen molar-refractivity contribution in [3.05, 3.63) is 35.9 Å². The predicted molar refractivity (Wildman–Crippen MR) is 80.0 cm³/mol. The van der Waals surface area contributed by atoms with Crippen LogP contribution in [-0.4, -0.2) is 42.0 Å². The Morgan fingerprint density at radius 3 is 2.45 bits per heavy atom. The fourth-order valence-corrected chi connectivity index (χ4v) is 2.38. The third-order valence-electron chi connectivity index (χ3n) is 3.63. The molecule has 2 fully saturated rings. The number of nitrogens with zero attached hydrogens (tertiary/aromatic N) is 1. The highest BCUT2D eigenvalue weighted by Gasteiger charge is 2.37. The number of cyclic esters (lactones) is 1. The lowest BCUT2D eigenvalue weighted by Gasteiger charge is -2.27. The largest absolute Gasteiger partial charge is 0.448 e. The van der Waals surface area contributed by atoms with Crippen LogP contribution >= 0.6 is 0 Å². The summed E-state index contributed by atoms with van der Waals surface area (Å²) in [5, 5.41) is 2.20. The van der Waals surface area contributed by atoms with Crippen LogP contribution in [0.25, 0.3) is 0 Å². The minimum Gasteiger partial charge on any atom is -0.448 e. The summed E-state index contributed by atoms with van der Waals surface area (Å²) in [6.45, 7) is 2.90. The highest BCUT2D eigenvalue weighted by molar-refractivity contribution is 6.01. The Balaban J connectivity index is 0.000000188. The van der Waals surface area contributed by atoms with Crippen molar-refractivity contribution in [2.45, 2.75) is 32.2 Å². The van der Waals surface area contributed by atoms with Gasteiger partial charge in [0.15, 0.2) is 0 Å². The number of amides is 3. The van der Waals surface area contributed by atoms with Crippen molar-refractivity contribution >= 4 is 17.9 Å². The molecule has 0 bridgehead atoms. The molecule has 0 aliphatic carbocycles. The number of nitrogens with one attached hydrogen (secondary N) is 1. The van der Waals surface area contributed by atoms with Crippen LogP contribution in [-0.2, 0) is 20.7 Å². The summed E-state index contributed by atoms with van der Waals surface area (Å²) in [7, 11) is 0. The first kappa shape index (κ1) is 16.0. The van der Waals surface area contributed by atoms with Gasteiger partial charge in [0.2, 0.25) is 11.8 Å². The number of rotatable bonds is 2. The van der Waals surface area contributed by atoms with Gasteiger partial charge < -0.3 is 4.74 Å². The van der Waals surface area contributed by atoms with Crippen LogP contribution in [0.15, 0.2) is 30.3 Å². The highest BCUT2D eigenvalue weighted by atomic mass is 16.6. The molecule has 2 heterocycles. The molecule has 2 saturated heterocycles. The Labute approximate surface area is 129 Å². The maximum absolute atomic E-state index is 11.4. The number of piperidine rings is 1. The Hall–Kier alpha value is -2.37. The summed E-state index contributed by atoms with van der Waals surface area (Å²) in [5.41, 5.74) is 1.41. The highest BCUT2D eigenvalue weighted by Crippen LogP contribution is 2.16. The van der Waals surface area contributed by atoms with Crippen LogP contribution in [0.3, 0.4) is 0 Å². The molecule has 6 heteroatoms. The Morgan fingerprint density at radius 1 is 1.23 bits per heavy atom. The van der Waals surface area contributed by atoms with Gasteiger partial charge in [-0.25, -0.2) is 4.79 Å². The molecule has 2 aliphatic rings. The molecule has 2 aliphatic heterocycles. The van der Waals surface area contributed by atoms with Gasteiger partial charge in [-0.1, -0.05) is 37.3 Å². The normalized spacial score (nSPS) is 20.9. The molecular formula is C16H20N2O4. The standard InChI is InChI=1S/C8H10N2O4.C8H10/c11-6-2-1-5(7(12)9-6)10-3-4-14-8(10)13;1-2-8-6-4-3-5-7-8/h5H,1-4H2,(H,9,11,12);3-7H,2H2,1H3. The summed E-state index contributed by atoms with van der Waals surface area (Å²) < 4.78 is 4.72. The third-order valence-corrected chi connectivity index (χ3v) is 3.63. The number of hydrogen-bond acceptors (Lipinski definition) is 4. The average Bonchev–Trinajstić information content (AvgIpc) is 2.95. The van der Waals surface area contributed by atoms with Crippen LogP contribution in [0, 0.1) is 0 Å². The van der Waals surface area contributed by atoms with E-state index in [0.29, 0.717) is 19.6 Å². The first-order chi connectivity index (χ1) is 10.6. The van der Waals surface area contributed by atoms with Crippen molar-refractivity contribution in [2.75, 3.05) is 13.2 Å². The van der Waals surface area contributed by atoms with E-state index >= 15 is 0 Å². The smallest absolute Gasteiger partial charge is 0.410 e. The van der Waals surface area contributed by atoms with Crippen LogP contribution in [0.4, 0.5) is 4.79 Å². The molecule has 1 N–H and O–H groups in total. The Morgan fingerprint density at radius 2 is 1.95 bits per heavy atom. The van der Waals surface area contributed by atoms with E-state index in [1.807, 2.05) is 6.07 Å². The van der Waals surface area contributed by atoms with Crippen LogP contribution in [0.1, 0.15) is 25.3 Å². The molecule has 0 radical (unpaired) electrons. The zero-order valence-electron chi connectivity index (χ0n) is 12.6. The van der Waals surface area contributed by atoms with Crippen molar-refractivity contribution < 1.29 is 19.1 Å². The summed E-state index contributed by atoms with van der Waals surface area (Å²) in [6, 6.07) is 9.92. The minimum absolute atomic E-state index is 0.278. The molecule has 3 amide bonds. The average molecular weight is 304 g/mol. The van der Waals surface area contributed by atoms with Gasteiger partial charge in [-0.15, -0.1) is 0 Å². The van der Waals surface area contributed by atoms with Gasteiger partial charge in [0.25, 0.3) is 0 Å². The second-order valence-corrected chi connectivity index (χ2v) is 5.11. The molecule has 6 nitrogen and oxygen atoms in total. The number of carbonyl (C=O) groups is 3. The Bertz CT molecular complexity index is 544. The number of imide groups is 1. The maximum Gasteiger partial charge on any atom is 0.410 e. The third kappa shape index (κ3) is 4.07. The zero-order valence-corrected chi connectivity index (χ0v) is 12.6. The second kappa shape index (κ2) is 7.59. The van der Waals surface area contributed by atoms with E-state index in [0.717, 1.165) is 6.42 Å². The maximum atomic E-state index is 11.4. The number of ether oxygens (including phenoxy) is 1. The molecular weight excluding hydrogens is 284 g/mol. The van der Waals surface area contributed by atoms with Crippen LogP contribution < -0.4 is 5.32 Å². The van der Waals surface area contributed by atoms with Gasteiger partial charge in [0.1, 0.15) is 12.6 Å². The number of benzene rings is 1. The number of hydrogen-bond donors (Lipinski definition) is 1. The van der Waals surface area contributed by atoms with Crippen LogP contribution in [0.5, 0.6) is 0 Å². The van der Waals surface area contributed by atoms with Crippen molar-refractivity contribution in [1.29, 1.82) is 0 Å². The van der Waals surface area contributed by atoms with Crippen molar-refractivity contribution in [3.8, 4) is 0 Å². The molecule has 22 heavy (non-hydrogen) atoms. The molecule has 1 aromatic carbocycles. The predicted octanol–water partition coefficient (Wildman–Crippen LogP) is 1.49. The van der Waals surface area contributed by atoms with Crippen LogP contribution in [0.2, 0.25) is 0 Å². The zero-order chi connectivity index (χ0) is 15.9. The van der Waals surface area contributed by atoms with Gasteiger partial charge in [-0.3, -0.25) is 19.8 Å². The molecule has 0 saturated carbocycles. The summed E-state index contributed by atoms with van der Waals surface area (Å²) >= 11 is 0. The lowest BCUT2D eigenvalue weighted by molar-refractivity contribution is -0.136. The molecule has 3 rings (SSSR count). The molecule has 1 aromatic rings. The van der Waals surface area contributed by atoms with Gasteiger partial charge in [0.05, 0.1) is 6.54 Å². The van der Waals surface area contributed by atoms with Crippen molar-refractivity contribution in [3.63, 3.8) is 0 Å². The van der Waals surface area contributed by atoms with E-state index in [4.69, 9.17) is 4.74 Å². The fraction of sp³-hybridized carbons (Fsp3) is 0.438. The van der Waals surface area contributed by atoms with Gasteiger partial charge in [0, 0.05) is 6.42 Å². The molecule has 118 valence electrons. The summed E-state index contributed by atoms with van der Waals surface area (Å²) in [6.07, 6.45) is 1.33. The Kier molecular flexibility index (Phi) is 5.52. The molecule has 0 aromatic heterocycles. The van der Waals surface area contributed by atoms with Crippen molar-refractivity contribution in [2.24, 2.45) is 0 Å². The fourth-order valence-electron chi connectivity index (χ4n) is 2.38. The molecule has 1 atom stereocenters. The molecule has 0 spiro atoms. The van der Waals surface area contributed by atoms with Crippen molar-refractivity contribution in [1.82, 2.24) is 10.2 Å². The molecule has 1 unspecified atom stereocenters. The van der Waals surface area contributed by atoms with E-state index in [9.17, 15) is 14.4 Å². The van der Waals surface area contributed by atoms with E-state index in [1.54, 1.807) is 0 Å². The lowest BCUT2D eigenvalue weighted by atomic mass is 10.1. The second-order valence-electron chi connectivity index (χ2n) is 5.11. The SMILES string of the molecule is CCc1ccccc1.O=C1CCC(N2CCOC2=O)C(=O)N1. The first-order valence-electron chi connectivity index (χ1n) is 7.43. The van der Waals surface area contributed by atoms with E-state index in [1.165, 1.54) is 10.5 Å². The lowest BCUT2D eigenvalue weighted by Crippen LogP contribution is -2.52. The number of aryl methyl sites for hydroxylation is 1.